The third kappa shape index (κ3) is 2.35. The molecule has 1 heterocycles. The number of fused-ring (bicyclic) bond motifs is 1. The van der Waals surface area contributed by atoms with Crippen molar-refractivity contribution in [2.45, 2.75) is 37.2 Å². The molecule has 0 unspecified atom stereocenters. The van der Waals surface area contributed by atoms with E-state index < -0.39 is 15.6 Å². The molecule has 1 aromatic rings. The zero-order valence-corrected chi connectivity index (χ0v) is 11.9. The summed E-state index contributed by atoms with van der Waals surface area (Å²) in [5.74, 6) is -0.156. The summed E-state index contributed by atoms with van der Waals surface area (Å²) in [6.45, 7) is 7.27. The molecule has 2 rings (SSSR count). The number of carbonyl (C=O) groups is 1. The maximum absolute atomic E-state index is 12.5. The number of benzene rings is 1. The van der Waals surface area contributed by atoms with E-state index >= 15 is 0 Å². The van der Waals surface area contributed by atoms with E-state index in [1.807, 2.05) is 6.07 Å². The summed E-state index contributed by atoms with van der Waals surface area (Å²) in [6, 6.07) is 6.94. The Bertz CT molecular complexity index is 632. The number of rotatable bonds is 4. The standard InChI is InChI=1S/C14H17NO3S/c1-4-12(16)9-14(2,3)15-10-11-7-5-6-8-13(11)19(15,17)18/h4-8H,1,9-10H2,2-3H3. The minimum absolute atomic E-state index is 0.129. The molecule has 102 valence electrons. The molecule has 1 aromatic carbocycles. The zero-order chi connectivity index (χ0) is 14.3. The van der Waals surface area contributed by atoms with Gasteiger partial charge in [0, 0.05) is 18.5 Å². The topological polar surface area (TPSA) is 54.5 Å². The Labute approximate surface area is 113 Å². The molecular weight excluding hydrogens is 262 g/mol. The van der Waals surface area contributed by atoms with E-state index in [4.69, 9.17) is 0 Å². The maximum atomic E-state index is 12.5. The Kier molecular flexibility index (Phi) is 3.36. The van der Waals surface area contributed by atoms with Crippen LogP contribution in [-0.2, 0) is 21.4 Å². The lowest BCUT2D eigenvalue weighted by Crippen LogP contribution is -2.45. The van der Waals surface area contributed by atoms with E-state index in [1.54, 1.807) is 32.0 Å². The number of sulfonamides is 1. The Morgan fingerprint density at radius 3 is 2.63 bits per heavy atom. The molecule has 0 radical (unpaired) electrons. The molecule has 1 aliphatic heterocycles. The summed E-state index contributed by atoms with van der Waals surface area (Å²) in [4.78, 5) is 11.9. The van der Waals surface area contributed by atoms with Crippen molar-refractivity contribution in [3.05, 3.63) is 42.5 Å². The van der Waals surface area contributed by atoms with Gasteiger partial charge in [-0.1, -0.05) is 24.8 Å². The first-order chi connectivity index (χ1) is 8.79. The van der Waals surface area contributed by atoms with Gasteiger partial charge in [-0.2, -0.15) is 4.31 Å². The minimum atomic E-state index is -3.51. The summed E-state index contributed by atoms with van der Waals surface area (Å²) >= 11 is 0. The van der Waals surface area contributed by atoms with Gasteiger partial charge in [0.25, 0.3) is 0 Å². The normalized spacial score (nSPS) is 18.0. The number of ketones is 1. The smallest absolute Gasteiger partial charge is 0.244 e. The van der Waals surface area contributed by atoms with Crippen molar-refractivity contribution in [1.29, 1.82) is 0 Å². The van der Waals surface area contributed by atoms with Gasteiger partial charge in [-0.25, -0.2) is 8.42 Å². The molecule has 0 saturated carbocycles. The lowest BCUT2D eigenvalue weighted by Gasteiger charge is -2.33. The number of allylic oxidation sites excluding steroid dienone is 1. The Morgan fingerprint density at radius 2 is 2.05 bits per heavy atom. The minimum Gasteiger partial charge on any atom is -0.295 e. The van der Waals surface area contributed by atoms with Gasteiger partial charge in [-0.05, 0) is 31.6 Å². The third-order valence-electron chi connectivity index (χ3n) is 3.36. The number of hydrogen-bond donors (Lipinski definition) is 0. The molecule has 0 aliphatic carbocycles. The van der Waals surface area contributed by atoms with Crippen LogP contribution in [0, 0.1) is 0 Å². The highest BCUT2D eigenvalue weighted by molar-refractivity contribution is 7.89. The first-order valence-corrected chi connectivity index (χ1v) is 7.49. The molecule has 0 saturated heterocycles. The van der Waals surface area contributed by atoms with Crippen molar-refractivity contribution in [2.24, 2.45) is 0 Å². The van der Waals surface area contributed by atoms with Gasteiger partial charge in [0.15, 0.2) is 5.78 Å². The Hall–Kier alpha value is -1.46. The van der Waals surface area contributed by atoms with E-state index in [1.165, 1.54) is 10.4 Å². The lowest BCUT2D eigenvalue weighted by atomic mass is 9.97. The van der Waals surface area contributed by atoms with Gasteiger partial charge >= 0.3 is 0 Å². The van der Waals surface area contributed by atoms with Crippen molar-refractivity contribution in [1.82, 2.24) is 4.31 Å². The summed E-state index contributed by atoms with van der Waals surface area (Å²) in [6.07, 6.45) is 1.36. The van der Waals surface area contributed by atoms with Crippen molar-refractivity contribution in [2.75, 3.05) is 0 Å². The molecule has 19 heavy (non-hydrogen) atoms. The maximum Gasteiger partial charge on any atom is 0.244 e. The largest absolute Gasteiger partial charge is 0.295 e. The van der Waals surface area contributed by atoms with Crippen LogP contribution in [0.2, 0.25) is 0 Å². The lowest BCUT2D eigenvalue weighted by molar-refractivity contribution is -0.116. The molecular formula is C14H17NO3S. The first-order valence-electron chi connectivity index (χ1n) is 6.05. The van der Waals surface area contributed by atoms with Crippen LogP contribution in [0.5, 0.6) is 0 Å². The van der Waals surface area contributed by atoms with Gasteiger partial charge in [0.2, 0.25) is 10.0 Å². The number of nitrogens with zero attached hydrogens (tertiary/aromatic N) is 1. The molecule has 0 aromatic heterocycles. The molecule has 4 nitrogen and oxygen atoms in total. The highest BCUT2D eigenvalue weighted by atomic mass is 32.2. The highest BCUT2D eigenvalue weighted by Crippen LogP contribution is 2.36. The SMILES string of the molecule is C=CC(=O)CC(C)(C)N1Cc2ccccc2S1(=O)=O. The first kappa shape index (κ1) is 14.0. The van der Waals surface area contributed by atoms with Gasteiger partial charge in [-0.3, -0.25) is 4.79 Å². The second-order valence-electron chi connectivity index (χ2n) is 5.28. The molecule has 0 fully saturated rings. The van der Waals surface area contributed by atoms with Crippen molar-refractivity contribution < 1.29 is 13.2 Å². The van der Waals surface area contributed by atoms with Crippen LogP contribution in [0.15, 0.2) is 41.8 Å². The van der Waals surface area contributed by atoms with Gasteiger partial charge in [0.05, 0.1) is 4.90 Å². The van der Waals surface area contributed by atoms with Crippen LogP contribution in [0.1, 0.15) is 25.8 Å². The fourth-order valence-electron chi connectivity index (χ4n) is 2.37. The van der Waals surface area contributed by atoms with Gasteiger partial charge in [-0.15, -0.1) is 0 Å². The third-order valence-corrected chi connectivity index (χ3v) is 5.52. The van der Waals surface area contributed by atoms with E-state index in [9.17, 15) is 13.2 Å². The highest BCUT2D eigenvalue weighted by Gasteiger charge is 2.43. The Morgan fingerprint density at radius 1 is 1.42 bits per heavy atom. The molecule has 0 N–H and O–H groups in total. The second kappa shape index (κ2) is 4.58. The van der Waals surface area contributed by atoms with E-state index in [2.05, 4.69) is 6.58 Å². The average molecular weight is 279 g/mol. The Balaban J connectivity index is 2.40. The number of hydrogen-bond acceptors (Lipinski definition) is 3. The van der Waals surface area contributed by atoms with Crippen LogP contribution in [0.25, 0.3) is 0 Å². The summed E-state index contributed by atoms with van der Waals surface area (Å²) in [5.41, 5.74) is 0.0185. The monoisotopic (exact) mass is 279 g/mol. The van der Waals surface area contributed by atoms with Crippen LogP contribution >= 0.6 is 0 Å². The molecule has 0 spiro atoms. The molecule has 1 aliphatic rings. The van der Waals surface area contributed by atoms with Crippen molar-refractivity contribution in [3.8, 4) is 0 Å². The molecule has 0 amide bonds. The fraction of sp³-hybridized carbons (Fsp3) is 0.357. The summed E-state index contributed by atoms with van der Waals surface area (Å²) in [5, 5.41) is 0. The van der Waals surface area contributed by atoms with Crippen molar-refractivity contribution in [3.63, 3.8) is 0 Å². The van der Waals surface area contributed by atoms with Crippen LogP contribution in [0.4, 0.5) is 0 Å². The predicted octanol–water partition coefficient (Wildman–Crippen LogP) is 2.11. The molecule has 0 bridgehead atoms. The van der Waals surface area contributed by atoms with E-state index in [-0.39, 0.29) is 12.2 Å². The van der Waals surface area contributed by atoms with Gasteiger partial charge in [0.1, 0.15) is 0 Å². The quantitative estimate of drug-likeness (QED) is 0.793. The van der Waals surface area contributed by atoms with Crippen LogP contribution in [-0.4, -0.2) is 24.0 Å². The van der Waals surface area contributed by atoms with E-state index in [0.29, 0.717) is 11.4 Å². The average Bonchev–Trinajstić information content (AvgIpc) is 2.62. The summed E-state index contributed by atoms with van der Waals surface area (Å²) in [7, 11) is -3.51. The zero-order valence-electron chi connectivity index (χ0n) is 11.1. The molecule has 0 atom stereocenters. The number of carbonyl (C=O) groups excluding carboxylic acids is 1. The van der Waals surface area contributed by atoms with Crippen molar-refractivity contribution >= 4 is 15.8 Å². The van der Waals surface area contributed by atoms with Gasteiger partial charge < -0.3 is 0 Å². The van der Waals surface area contributed by atoms with Crippen LogP contribution < -0.4 is 0 Å². The fourth-order valence-corrected chi connectivity index (χ4v) is 4.35. The predicted molar refractivity (Wildman–Crippen MR) is 73.1 cm³/mol. The molecule has 5 heteroatoms. The van der Waals surface area contributed by atoms with E-state index in [0.717, 1.165) is 5.56 Å². The van der Waals surface area contributed by atoms with Crippen LogP contribution in [0.3, 0.4) is 0 Å². The second-order valence-corrected chi connectivity index (χ2v) is 7.11. The summed E-state index contributed by atoms with van der Waals surface area (Å²) < 4.78 is 26.4.